The van der Waals surface area contributed by atoms with Gasteiger partial charge in [-0.1, -0.05) is 13.8 Å². The van der Waals surface area contributed by atoms with Gasteiger partial charge in [-0.05, 0) is 42.4 Å². The minimum atomic E-state index is -0.185. The number of amides is 1. The molecule has 26 heavy (non-hydrogen) atoms. The Morgan fingerprint density at radius 3 is 2.50 bits per heavy atom. The van der Waals surface area contributed by atoms with E-state index < -0.39 is 0 Å². The molecule has 0 saturated carbocycles. The molecule has 6 heteroatoms. The molecular formula is C20H30FN3OS. The van der Waals surface area contributed by atoms with Gasteiger partial charge in [-0.15, -0.1) is 11.8 Å². The zero-order valence-electron chi connectivity index (χ0n) is 15.9. The van der Waals surface area contributed by atoms with Crippen molar-refractivity contribution in [3.63, 3.8) is 0 Å². The van der Waals surface area contributed by atoms with Gasteiger partial charge in [-0.2, -0.15) is 0 Å². The maximum atomic E-state index is 13.1. The van der Waals surface area contributed by atoms with Gasteiger partial charge in [-0.3, -0.25) is 9.69 Å². The van der Waals surface area contributed by atoms with E-state index in [1.165, 1.54) is 18.6 Å². The van der Waals surface area contributed by atoms with Crippen LogP contribution in [0.15, 0.2) is 24.3 Å². The van der Waals surface area contributed by atoms with E-state index >= 15 is 0 Å². The number of rotatable bonds is 5. The molecule has 2 fully saturated rings. The Morgan fingerprint density at radius 2 is 1.85 bits per heavy atom. The molecule has 0 radical (unpaired) electrons. The molecule has 1 aromatic rings. The summed E-state index contributed by atoms with van der Waals surface area (Å²) in [6.45, 7) is 9.97. The van der Waals surface area contributed by atoms with Crippen LogP contribution >= 0.6 is 11.8 Å². The summed E-state index contributed by atoms with van der Waals surface area (Å²) >= 11 is 1.73. The number of benzene rings is 1. The lowest BCUT2D eigenvalue weighted by Crippen LogP contribution is -2.56. The van der Waals surface area contributed by atoms with Gasteiger partial charge >= 0.3 is 0 Å². The number of thioether (sulfide) groups is 1. The van der Waals surface area contributed by atoms with Crippen molar-refractivity contribution in [2.45, 2.75) is 38.0 Å². The van der Waals surface area contributed by atoms with Crippen molar-refractivity contribution in [2.75, 3.05) is 49.9 Å². The standard InChI is InChI=1S/C20H30FN3OS/c1-16(2)26-15-20(25)24-9-3-4-19(14-24)23-12-10-22(11-13-23)18-7-5-17(21)6-8-18/h5-8,16,19H,3-4,9-15H2,1-2H3/t19-/m1/s1. The van der Waals surface area contributed by atoms with Crippen LogP contribution in [-0.2, 0) is 4.79 Å². The fourth-order valence-corrected chi connectivity index (χ4v) is 4.46. The summed E-state index contributed by atoms with van der Waals surface area (Å²) in [7, 11) is 0. The number of nitrogens with zero attached hydrogens (tertiary/aromatic N) is 3. The van der Waals surface area contributed by atoms with Crippen LogP contribution in [0.5, 0.6) is 0 Å². The van der Waals surface area contributed by atoms with Crippen molar-refractivity contribution in [1.82, 2.24) is 9.80 Å². The number of piperazine rings is 1. The predicted molar refractivity (Wildman–Crippen MR) is 107 cm³/mol. The van der Waals surface area contributed by atoms with Gasteiger partial charge < -0.3 is 9.80 Å². The van der Waals surface area contributed by atoms with Crippen molar-refractivity contribution in [2.24, 2.45) is 0 Å². The summed E-state index contributed by atoms with van der Waals surface area (Å²) in [5, 5.41) is 0.499. The molecule has 4 nitrogen and oxygen atoms in total. The Bertz CT molecular complexity index is 587. The lowest BCUT2D eigenvalue weighted by atomic mass is 10.0. The van der Waals surface area contributed by atoms with Gasteiger partial charge in [0, 0.05) is 51.0 Å². The third kappa shape index (κ3) is 5.13. The number of piperidine rings is 1. The second-order valence-electron chi connectivity index (χ2n) is 7.49. The van der Waals surface area contributed by atoms with E-state index in [0.29, 0.717) is 23.0 Å². The van der Waals surface area contributed by atoms with Gasteiger partial charge in [0.1, 0.15) is 5.82 Å². The maximum Gasteiger partial charge on any atom is 0.232 e. The lowest BCUT2D eigenvalue weighted by Gasteiger charge is -2.44. The Hall–Kier alpha value is -1.27. The summed E-state index contributed by atoms with van der Waals surface area (Å²) < 4.78 is 13.1. The van der Waals surface area contributed by atoms with E-state index in [1.807, 2.05) is 12.1 Å². The monoisotopic (exact) mass is 379 g/mol. The molecule has 1 atom stereocenters. The van der Waals surface area contributed by atoms with E-state index in [0.717, 1.165) is 51.4 Å². The summed E-state index contributed by atoms with van der Waals surface area (Å²) in [5.74, 6) is 0.705. The summed E-state index contributed by atoms with van der Waals surface area (Å²) in [6, 6.07) is 7.26. The molecule has 0 aromatic heterocycles. The normalized spacial score (nSPS) is 22.1. The maximum absolute atomic E-state index is 13.1. The number of hydrogen-bond donors (Lipinski definition) is 0. The summed E-state index contributed by atoms with van der Waals surface area (Å²) in [6.07, 6.45) is 2.28. The Labute approximate surface area is 160 Å². The van der Waals surface area contributed by atoms with Gasteiger partial charge in [0.15, 0.2) is 0 Å². The minimum absolute atomic E-state index is 0.185. The molecule has 0 unspecified atom stereocenters. The molecule has 1 aromatic carbocycles. The zero-order chi connectivity index (χ0) is 18.5. The van der Waals surface area contributed by atoms with Crippen LogP contribution in [0.3, 0.4) is 0 Å². The van der Waals surface area contributed by atoms with Crippen molar-refractivity contribution in [3.05, 3.63) is 30.1 Å². The third-order valence-corrected chi connectivity index (χ3v) is 6.39. The van der Waals surface area contributed by atoms with Crippen molar-refractivity contribution in [1.29, 1.82) is 0 Å². The molecule has 2 aliphatic heterocycles. The highest BCUT2D eigenvalue weighted by Gasteiger charge is 2.30. The molecule has 2 saturated heterocycles. The van der Waals surface area contributed by atoms with E-state index in [-0.39, 0.29) is 5.82 Å². The van der Waals surface area contributed by atoms with Gasteiger partial charge in [-0.25, -0.2) is 4.39 Å². The number of carbonyl (C=O) groups excluding carboxylic acids is 1. The van der Waals surface area contributed by atoms with E-state index in [1.54, 1.807) is 11.8 Å². The Kier molecular flexibility index (Phi) is 6.81. The van der Waals surface area contributed by atoms with Crippen LogP contribution in [0.1, 0.15) is 26.7 Å². The second-order valence-corrected chi connectivity index (χ2v) is 9.06. The SMILES string of the molecule is CC(C)SCC(=O)N1CCC[C@@H](N2CCN(c3ccc(F)cc3)CC2)C1. The molecule has 2 aliphatic rings. The third-order valence-electron chi connectivity index (χ3n) is 5.31. The first kappa shape index (κ1) is 19.5. The lowest BCUT2D eigenvalue weighted by molar-refractivity contribution is -0.130. The van der Waals surface area contributed by atoms with Crippen molar-refractivity contribution in [3.8, 4) is 0 Å². The Balaban J connectivity index is 1.49. The predicted octanol–water partition coefficient (Wildman–Crippen LogP) is 3.08. The first-order valence-corrected chi connectivity index (χ1v) is 10.7. The number of likely N-dealkylation sites (tertiary alicyclic amines) is 1. The number of carbonyl (C=O) groups is 1. The minimum Gasteiger partial charge on any atom is -0.369 e. The van der Waals surface area contributed by atoms with Gasteiger partial charge in [0.05, 0.1) is 5.75 Å². The Morgan fingerprint density at radius 1 is 1.15 bits per heavy atom. The average molecular weight is 380 g/mol. The highest BCUT2D eigenvalue weighted by molar-refractivity contribution is 8.00. The van der Waals surface area contributed by atoms with Crippen LogP contribution < -0.4 is 4.90 Å². The summed E-state index contributed by atoms with van der Waals surface area (Å²) in [5.41, 5.74) is 1.09. The second kappa shape index (κ2) is 9.09. The molecule has 3 rings (SSSR count). The fourth-order valence-electron chi connectivity index (χ4n) is 3.81. The molecule has 2 heterocycles. The van der Waals surface area contributed by atoms with Gasteiger partial charge in [0.2, 0.25) is 5.91 Å². The molecule has 0 spiro atoms. The topological polar surface area (TPSA) is 26.8 Å². The number of halogens is 1. The molecule has 1 amide bonds. The summed E-state index contributed by atoms with van der Waals surface area (Å²) in [4.78, 5) is 19.4. The quantitative estimate of drug-likeness (QED) is 0.786. The zero-order valence-corrected chi connectivity index (χ0v) is 16.7. The average Bonchev–Trinajstić information content (AvgIpc) is 2.67. The van der Waals surface area contributed by atoms with Crippen molar-refractivity contribution < 1.29 is 9.18 Å². The largest absolute Gasteiger partial charge is 0.369 e. The van der Waals surface area contributed by atoms with Crippen LogP contribution in [0.4, 0.5) is 10.1 Å². The van der Waals surface area contributed by atoms with E-state index in [4.69, 9.17) is 0 Å². The van der Waals surface area contributed by atoms with Gasteiger partial charge in [0.25, 0.3) is 0 Å². The van der Waals surface area contributed by atoms with E-state index in [9.17, 15) is 9.18 Å². The fraction of sp³-hybridized carbons (Fsp3) is 0.650. The van der Waals surface area contributed by atoms with E-state index in [2.05, 4.69) is 28.5 Å². The van der Waals surface area contributed by atoms with Crippen LogP contribution in [-0.4, -0.2) is 72.0 Å². The molecule has 144 valence electrons. The number of anilines is 1. The van der Waals surface area contributed by atoms with Crippen LogP contribution in [0, 0.1) is 5.82 Å². The molecule has 0 aliphatic carbocycles. The smallest absolute Gasteiger partial charge is 0.232 e. The first-order chi connectivity index (χ1) is 12.5. The van der Waals surface area contributed by atoms with Crippen LogP contribution in [0.2, 0.25) is 0 Å². The highest BCUT2D eigenvalue weighted by atomic mass is 32.2. The number of hydrogen-bond acceptors (Lipinski definition) is 4. The highest BCUT2D eigenvalue weighted by Crippen LogP contribution is 2.22. The molecule has 0 N–H and O–H groups in total. The van der Waals surface area contributed by atoms with Crippen LogP contribution in [0.25, 0.3) is 0 Å². The first-order valence-electron chi connectivity index (χ1n) is 9.67. The van der Waals surface area contributed by atoms with Crippen molar-refractivity contribution >= 4 is 23.4 Å². The molecule has 0 bridgehead atoms. The molecular weight excluding hydrogens is 349 g/mol.